The van der Waals surface area contributed by atoms with Crippen LogP contribution in [0.2, 0.25) is 0 Å². The van der Waals surface area contributed by atoms with Crippen LogP contribution in [-0.4, -0.2) is 23.9 Å². The predicted octanol–water partition coefficient (Wildman–Crippen LogP) is 13.2. The molecule has 1 atom stereocenters. The molecule has 0 radical (unpaired) electrons. The molecule has 0 amide bonds. The Morgan fingerprint density at radius 3 is 1.10 bits per heavy atom. The van der Waals surface area contributed by atoms with Crippen molar-refractivity contribution in [2.24, 2.45) is 5.92 Å². The average molecular weight is 845 g/mol. The molecule has 0 spiro atoms. The molecule has 0 aromatic heterocycles. The van der Waals surface area contributed by atoms with Crippen LogP contribution in [0.15, 0.2) is 146 Å². The summed E-state index contributed by atoms with van der Waals surface area (Å²) >= 11 is 0. The summed E-state index contributed by atoms with van der Waals surface area (Å²) in [5.74, 6) is -2.05. The first-order valence-corrected chi connectivity index (χ1v) is 22.1. The number of benzene rings is 6. The number of carbonyl (C=O) groups excluding carboxylic acids is 4. The number of esters is 4. The first-order chi connectivity index (χ1) is 30.7. The fourth-order valence-corrected chi connectivity index (χ4v) is 7.04. The molecule has 63 heavy (non-hydrogen) atoms. The van der Waals surface area contributed by atoms with Gasteiger partial charge >= 0.3 is 23.9 Å². The topological polar surface area (TPSA) is 105 Å². The van der Waals surface area contributed by atoms with Crippen LogP contribution in [0.3, 0.4) is 0 Å². The van der Waals surface area contributed by atoms with E-state index in [1.807, 2.05) is 24.3 Å². The van der Waals surface area contributed by atoms with Crippen molar-refractivity contribution in [3.8, 4) is 45.3 Å². The van der Waals surface area contributed by atoms with Crippen molar-refractivity contribution >= 4 is 23.9 Å². The Balaban J connectivity index is 0.902. The summed E-state index contributed by atoms with van der Waals surface area (Å²) in [6.45, 7) is 6.00. The molecule has 8 nitrogen and oxygen atoms in total. The number of ether oxygens (including phenoxy) is 4. The van der Waals surface area contributed by atoms with E-state index >= 15 is 0 Å². The lowest BCUT2D eigenvalue weighted by Crippen LogP contribution is -2.23. The van der Waals surface area contributed by atoms with Crippen molar-refractivity contribution in [2.75, 3.05) is 0 Å². The Labute approximate surface area is 371 Å². The standard InChI is InChI=1S/C55H56O8/c1-4-6-8-10-12-40-14-18-42(19-15-40)44-22-26-46(27-23-44)54(58)62-50-32-30-48(31-33-50)60-52(56)38-39(3)53(57)61-49-34-36-51(37-35-49)63-55(59)47-28-24-45(25-29-47)43-20-16-41(17-21-43)13-11-9-7-5-2/h14-37,39H,4-13,38H2,1-3H3. The van der Waals surface area contributed by atoms with Crippen molar-refractivity contribution in [2.45, 2.75) is 91.4 Å². The lowest BCUT2D eigenvalue weighted by molar-refractivity contribution is -0.144. The molecule has 324 valence electrons. The van der Waals surface area contributed by atoms with Gasteiger partial charge in [-0.2, -0.15) is 0 Å². The third kappa shape index (κ3) is 14.1. The highest BCUT2D eigenvalue weighted by molar-refractivity contribution is 5.92. The van der Waals surface area contributed by atoms with Crippen LogP contribution in [0.1, 0.15) is 110 Å². The molecule has 0 aliphatic carbocycles. The molecule has 6 rings (SSSR count). The third-order valence-electron chi connectivity index (χ3n) is 10.8. The SMILES string of the molecule is CCCCCCc1ccc(-c2ccc(C(=O)Oc3ccc(OC(=O)CC(C)C(=O)Oc4ccc(OC(=O)c5ccc(-c6ccc(CCCCCC)cc6)cc5)cc4)cc3)cc2)cc1. The summed E-state index contributed by atoms with van der Waals surface area (Å²) in [4.78, 5) is 51.2. The van der Waals surface area contributed by atoms with Crippen molar-refractivity contribution in [3.63, 3.8) is 0 Å². The third-order valence-corrected chi connectivity index (χ3v) is 10.8. The maximum atomic E-state index is 12.9. The van der Waals surface area contributed by atoms with Crippen molar-refractivity contribution in [1.29, 1.82) is 0 Å². The summed E-state index contributed by atoms with van der Waals surface area (Å²) < 4.78 is 22.0. The molecule has 0 fully saturated rings. The number of aryl methyl sites for hydroxylation is 2. The summed E-state index contributed by atoms with van der Waals surface area (Å²) in [6.07, 6.45) is 11.8. The van der Waals surface area contributed by atoms with E-state index in [-0.39, 0.29) is 29.4 Å². The summed E-state index contributed by atoms with van der Waals surface area (Å²) in [6, 6.07) is 43.9. The van der Waals surface area contributed by atoms with Crippen molar-refractivity contribution in [3.05, 3.63) is 168 Å². The van der Waals surface area contributed by atoms with Gasteiger partial charge in [-0.1, -0.05) is 132 Å². The molecule has 0 heterocycles. The molecule has 1 unspecified atom stereocenters. The van der Waals surface area contributed by atoms with Gasteiger partial charge < -0.3 is 18.9 Å². The Morgan fingerprint density at radius 2 is 0.730 bits per heavy atom. The summed E-state index contributed by atoms with van der Waals surface area (Å²) in [5.41, 5.74) is 7.65. The van der Waals surface area contributed by atoms with Gasteiger partial charge in [0.2, 0.25) is 0 Å². The van der Waals surface area contributed by atoms with Crippen LogP contribution in [0.5, 0.6) is 23.0 Å². The zero-order valence-electron chi connectivity index (χ0n) is 36.5. The van der Waals surface area contributed by atoms with Gasteiger partial charge in [0.25, 0.3) is 0 Å². The number of unbranched alkanes of at least 4 members (excludes halogenated alkanes) is 6. The van der Waals surface area contributed by atoms with Gasteiger partial charge in [0.05, 0.1) is 23.5 Å². The fraction of sp³-hybridized carbons (Fsp3) is 0.273. The monoisotopic (exact) mass is 844 g/mol. The summed E-state index contributed by atoms with van der Waals surface area (Å²) in [5, 5.41) is 0. The van der Waals surface area contributed by atoms with Crippen LogP contribution >= 0.6 is 0 Å². The highest BCUT2D eigenvalue weighted by atomic mass is 16.6. The highest BCUT2D eigenvalue weighted by Crippen LogP contribution is 2.26. The number of hydrogen-bond donors (Lipinski definition) is 0. The number of hydrogen-bond acceptors (Lipinski definition) is 8. The molecular formula is C55H56O8. The molecule has 6 aromatic rings. The van der Waals surface area contributed by atoms with E-state index in [1.54, 1.807) is 31.2 Å². The van der Waals surface area contributed by atoms with Crippen LogP contribution < -0.4 is 18.9 Å². The number of rotatable bonds is 21. The van der Waals surface area contributed by atoms with E-state index in [0.717, 1.165) is 35.1 Å². The highest BCUT2D eigenvalue weighted by Gasteiger charge is 2.21. The van der Waals surface area contributed by atoms with Crippen LogP contribution in [0.25, 0.3) is 22.3 Å². The van der Waals surface area contributed by atoms with E-state index in [9.17, 15) is 19.2 Å². The normalized spacial score (nSPS) is 11.3. The smallest absolute Gasteiger partial charge is 0.343 e. The minimum atomic E-state index is -0.808. The molecule has 0 N–H and O–H groups in total. The minimum absolute atomic E-state index is 0.228. The largest absolute Gasteiger partial charge is 0.427 e. The molecule has 0 saturated carbocycles. The molecule has 0 bridgehead atoms. The molecule has 0 saturated heterocycles. The van der Waals surface area contributed by atoms with E-state index in [0.29, 0.717) is 11.1 Å². The van der Waals surface area contributed by atoms with Gasteiger partial charge in [-0.15, -0.1) is 0 Å². The van der Waals surface area contributed by atoms with Crippen LogP contribution in [-0.2, 0) is 22.4 Å². The second-order valence-corrected chi connectivity index (χ2v) is 15.9. The zero-order valence-corrected chi connectivity index (χ0v) is 36.5. The van der Waals surface area contributed by atoms with Gasteiger partial charge in [0.15, 0.2) is 0 Å². The molecule has 6 aromatic carbocycles. The van der Waals surface area contributed by atoms with E-state index in [4.69, 9.17) is 18.9 Å². The van der Waals surface area contributed by atoms with Crippen LogP contribution in [0, 0.1) is 5.92 Å². The van der Waals surface area contributed by atoms with Crippen molar-refractivity contribution in [1.82, 2.24) is 0 Å². The second kappa shape index (κ2) is 23.4. The predicted molar refractivity (Wildman–Crippen MR) is 247 cm³/mol. The number of carbonyl (C=O) groups is 4. The lowest BCUT2D eigenvalue weighted by Gasteiger charge is -2.12. The van der Waals surface area contributed by atoms with Gasteiger partial charge in [-0.05, 0) is 132 Å². The Morgan fingerprint density at radius 1 is 0.397 bits per heavy atom. The van der Waals surface area contributed by atoms with E-state index in [2.05, 4.69) is 62.4 Å². The van der Waals surface area contributed by atoms with Gasteiger partial charge in [0.1, 0.15) is 23.0 Å². The van der Waals surface area contributed by atoms with Gasteiger partial charge in [-0.3, -0.25) is 9.59 Å². The Hall–Kier alpha value is -6.80. The van der Waals surface area contributed by atoms with Crippen LogP contribution in [0.4, 0.5) is 0 Å². The van der Waals surface area contributed by atoms with E-state index < -0.39 is 29.8 Å². The molecule has 0 aliphatic rings. The first kappa shape index (κ1) is 45.7. The van der Waals surface area contributed by atoms with Gasteiger partial charge in [-0.25, -0.2) is 9.59 Å². The van der Waals surface area contributed by atoms with E-state index in [1.165, 1.54) is 111 Å². The fourth-order valence-electron chi connectivity index (χ4n) is 7.04. The second-order valence-electron chi connectivity index (χ2n) is 15.9. The lowest BCUT2D eigenvalue weighted by atomic mass is 10.0. The zero-order chi connectivity index (χ0) is 44.4. The molecule has 0 aliphatic heterocycles. The maximum absolute atomic E-state index is 12.9. The Kier molecular flexibility index (Phi) is 17.0. The first-order valence-electron chi connectivity index (χ1n) is 22.1. The Bertz CT molecular complexity index is 2380. The molecule has 8 heteroatoms. The average Bonchev–Trinajstić information content (AvgIpc) is 3.31. The van der Waals surface area contributed by atoms with Gasteiger partial charge in [0, 0.05) is 0 Å². The minimum Gasteiger partial charge on any atom is -0.427 e. The maximum Gasteiger partial charge on any atom is 0.343 e. The quantitative estimate of drug-likeness (QED) is 0.0401. The summed E-state index contributed by atoms with van der Waals surface area (Å²) in [7, 11) is 0. The molecular weight excluding hydrogens is 789 g/mol. The van der Waals surface area contributed by atoms with Crippen molar-refractivity contribution < 1.29 is 38.1 Å².